The monoisotopic (exact) mass is 181 g/mol. The molecule has 0 saturated heterocycles. The summed E-state index contributed by atoms with van der Waals surface area (Å²) in [6.45, 7) is 6.90. The topological polar surface area (TPSA) is 29.1 Å². The van der Waals surface area contributed by atoms with Crippen molar-refractivity contribution in [2.75, 3.05) is 0 Å². The number of amides is 1. The van der Waals surface area contributed by atoms with Crippen LogP contribution in [0, 0.1) is 10.8 Å². The molecule has 3 aliphatic carbocycles. The first kappa shape index (κ1) is 9.04. The van der Waals surface area contributed by atoms with Crippen LogP contribution in [0.4, 0.5) is 0 Å². The summed E-state index contributed by atoms with van der Waals surface area (Å²) >= 11 is 0. The lowest BCUT2D eigenvalue weighted by molar-refractivity contribution is -0.174. The third kappa shape index (κ3) is 1.36. The summed E-state index contributed by atoms with van der Waals surface area (Å²) in [5.74, 6) is 0. The lowest BCUT2D eigenvalue weighted by Crippen LogP contribution is -2.74. The fourth-order valence-electron chi connectivity index (χ4n) is 3.59. The van der Waals surface area contributed by atoms with E-state index in [1.165, 1.54) is 25.7 Å². The lowest BCUT2D eigenvalue weighted by atomic mass is 9.37. The Morgan fingerprint density at radius 1 is 1.31 bits per heavy atom. The average molecular weight is 181 g/mol. The molecule has 0 aromatic rings. The summed E-state index contributed by atoms with van der Waals surface area (Å²) in [4.78, 5) is 10.3. The molecule has 0 aliphatic heterocycles. The Balaban J connectivity index is 1.86. The van der Waals surface area contributed by atoms with Gasteiger partial charge in [0.1, 0.15) is 0 Å². The summed E-state index contributed by atoms with van der Waals surface area (Å²) in [5.41, 5.74) is 1.26. The third-order valence-corrected chi connectivity index (χ3v) is 3.41. The van der Waals surface area contributed by atoms with Gasteiger partial charge >= 0.3 is 0 Å². The van der Waals surface area contributed by atoms with Crippen LogP contribution in [0.5, 0.6) is 0 Å². The third-order valence-electron chi connectivity index (χ3n) is 3.41. The van der Waals surface area contributed by atoms with Gasteiger partial charge in [-0.3, -0.25) is 4.79 Å². The zero-order chi connectivity index (χ0) is 9.74. The fourth-order valence-corrected chi connectivity index (χ4v) is 3.59. The molecule has 74 valence electrons. The molecule has 2 heteroatoms. The first-order valence-electron chi connectivity index (χ1n) is 5.10. The number of carbonyl (C=O) groups is 1. The molecule has 2 bridgehead atoms. The first-order valence-corrected chi connectivity index (χ1v) is 5.10. The molecule has 0 aromatic carbocycles. The first-order chi connectivity index (χ1) is 5.89. The Bertz CT molecular complexity index is 219. The van der Waals surface area contributed by atoms with E-state index < -0.39 is 0 Å². The standard InChI is InChI=1S/C11H19NO/c1-9(2,3)4-10-5-11(6-10,7-10)12-8-13/h8H,4-7H2,1-3H3,(H,12,13). The molecular weight excluding hydrogens is 162 g/mol. The highest BCUT2D eigenvalue weighted by Gasteiger charge is 2.67. The fraction of sp³-hybridized carbons (Fsp3) is 0.909. The van der Waals surface area contributed by atoms with E-state index in [0.717, 1.165) is 6.41 Å². The van der Waals surface area contributed by atoms with Crippen LogP contribution in [-0.4, -0.2) is 11.9 Å². The van der Waals surface area contributed by atoms with Gasteiger partial charge in [-0.05, 0) is 36.5 Å². The summed E-state index contributed by atoms with van der Waals surface area (Å²) in [5, 5.41) is 2.95. The second-order valence-corrected chi connectivity index (χ2v) is 6.31. The molecule has 1 amide bonds. The molecule has 3 aliphatic rings. The number of hydrogen-bond acceptors (Lipinski definition) is 1. The molecule has 13 heavy (non-hydrogen) atoms. The van der Waals surface area contributed by atoms with E-state index in [4.69, 9.17) is 0 Å². The van der Waals surface area contributed by atoms with Crippen molar-refractivity contribution in [3.8, 4) is 0 Å². The van der Waals surface area contributed by atoms with Gasteiger partial charge in [0.25, 0.3) is 0 Å². The van der Waals surface area contributed by atoms with Crippen molar-refractivity contribution < 1.29 is 4.79 Å². The van der Waals surface area contributed by atoms with Crippen LogP contribution >= 0.6 is 0 Å². The summed E-state index contributed by atoms with van der Waals surface area (Å²) < 4.78 is 0. The smallest absolute Gasteiger partial charge is 0.207 e. The van der Waals surface area contributed by atoms with E-state index in [9.17, 15) is 4.79 Å². The van der Waals surface area contributed by atoms with Gasteiger partial charge in [-0.25, -0.2) is 0 Å². The minimum Gasteiger partial charge on any atom is -0.353 e. The van der Waals surface area contributed by atoms with Crippen LogP contribution in [-0.2, 0) is 4.79 Å². The van der Waals surface area contributed by atoms with Gasteiger partial charge in [0.15, 0.2) is 0 Å². The van der Waals surface area contributed by atoms with Crippen molar-refractivity contribution in [1.82, 2.24) is 5.32 Å². The predicted molar refractivity (Wildman–Crippen MR) is 52.3 cm³/mol. The highest BCUT2D eigenvalue weighted by molar-refractivity contribution is 5.50. The quantitative estimate of drug-likeness (QED) is 0.664. The van der Waals surface area contributed by atoms with E-state index in [1.54, 1.807) is 0 Å². The summed E-state index contributed by atoms with van der Waals surface area (Å²) in [6.07, 6.45) is 5.82. The molecule has 2 nitrogen and oxygen atoms in total. The van der Waals surface area contributed by atoms with E-state index in [2.05, 4.69) is 26.1 Å². The molecule has 0 unspecified atom stereocenters. The molecule has 0 atom stereocenters. The maximum Gasteiger partial charge on any atom is 0.207 e. The van der Waals surface area contributed by atoms with Gasteiger partial charge in [0.2, 0.25) is 6.41 Å². The van der Waals surface area contributed by atoms with Crippen molar-refractivity contribution in [2.45, 2.75) is 52.0 Å². The van der Waals surface area contributed by atoms with Crippen molar-refractivity contribution >= 4 is 6.41 Å². The average Bonchev–Trinajstić information content (AvgIpc) is 1.77. The molecule has 1 N–H and O–H groups in total. The Morgan fingerprint density at radius 2 is 1.85 bits per heavy atom. The van der Waals surface area contributed by atoms with Crippen molar-refractivity contribution in [2.24, 2.45) is 10.8 Å². The Hall–Kier alpha value is -0.530. The van der Waals surface area contributed by atoms with Gasteiger partial charge in [-0.1, -0.05) is 20.8 Å². The molecule has 3 fully saturated rings. The SMILES string of the molecule is CC(C)(C)CC12CC(NC=O)(C1)C2. The van der Waals surface area contributed by atoms with Crippen LogP contribution in [0.2, 0.25) is 0 Å². The number of carbonyl (C=O) groups excluding carboxylic acids is 1. The zero-order valence-corrected chi connectivity index (χ0v) is 8.81. The summed E-state index contributed by atoms with van der Waals surface area (Å²) in [6, 6.07) is 0. The van der Waals surface area contributed by atoms with Gasteiger partial charge < -0.3 is 5.32 Å². The minimum atomic E-state index is 0.229. The normalized spacial score (nSPS) is 41.8. The second-order valence-electron chi connectivity index (χ2n) is 6.31. The van der Waals surface area contributed by atoms with Crippen LogP contribution in [0.1, 0.15) is 46.5 Å². The molecule has 3 saturated carbocycles. The largest absolute Gasteiger partial charge is 0.353 e. The molecule has 0 aromatic heterocycles. The molecule has 0 radical (unpaired) electrons. The van der Waals surface area contributed by atoms with Gasteiger partial charge in [0, 0.05) is 5.54 Å². The zero-order valence-electron chi connectivity index (χ0n) is 8.81. The van der Waals surface area contributed by atoms with E-state index in [0.29, 0.717) is 10.8 Å². The summed E-state index contributed by atoms with van der Waals surface area (Å²) in [7, 11) is 0. The molecule has 3 rings (SSSR count). The highest BCUT2D eigenvalue weighted by Crippen LogP contribution is 2.70. The molecular formula is C11H19NO. The van der Waals surface area contributed by atoms with Crippen LogP contribution < -0.4 is 5.32 Å². The van der Waals surface area contributed by atoms with E-state index >= 15 is 0 Å². The van der Waals surface area contributed by atoms with Crippen LogP contribution in [0.3, 0.4) is 0 Å². The lowest BCUT2D eigenvalue weighted by Gasteiger charge is -2.71. The van der Waals surface area contributed by atoms with Crippen molar-refractivity contribution in [1.29, 1.82) is 0 Å². The van der Waals surface area contributed by atoms with Gasteiger partial charge in [0.05, 0.1) is 0 Å². The number of rotatable bonds is 3. The van der Waals surface area contributed by atoms with Gasteiger partial charge in [-0.2, -0.15) is 0 Å². The second kappa shape index (κ2) is 2.28. The molecule has 0 heterocycles. The van der Waals surface area contributed by atoms with Crippen molar-refractivity contribution in [3.63, 3.8) is 0 Å². The minimum absolute atomic E-state index is 0.229. The van der Waals surface area contributed by atoms with E-state index in [-0.39, 0.29) is 5.54 Å². The maximum absolute atomic E-state index is 10.3. The Kier molecular flexibility index (Phi) is 1.59. The number of hydrogen-bond donors (Lipinski definition) is 1. The highest BCUT2D eigenvalue weighted by atomic mass is 16.1. The molecule has 0 spiro atoms. The predicted octanol–water partition coefficient (Wildman–Crippen LogP) is 2.09. The van der Waals surface area contributed by atoms with Gasteiger partial charge in [-0.15, -0.1) is 0 Å². The Labute approximate surface area is 80.1 Å². The number of nitrogens with one attached hydrogen (secondary N) is 1. The van der Waals surface area contributed by atoms with Crippen LogP contribution in [0.15, 0.2) is 0 Å². The Morgan fingerprint density at radius 3 is 2.23 bits per heavy atom. The van der Waals surface area contributed by atoms with E-state index in [1.807, 2.05) is 0 Å². The van der Waals surface area contributed by atoms with Crippen molar-refractivity contribution in [3.05, 3.63) is 0 Å². The maximum atomic E-state index is 10.3. The van der Waals surface area contributed by atoms with Crippen LogP contribution in [0.25, 0.3) is 0 Å².